The minimum atomic E-state index is -2.96. The fourth-order valence-corrected chi connectivity index (χ4v) is 2.30. The van der Waals surface area contributed by atoms with Gasteiger partial charge >= 0.3 is 0 Å². The first kappa shape index (κ1) is 16.5. The van der Waals surface area contributed by atoms with Crippen molar-refractivity contribution in [1.82, 2.24) is 5.32 Å². The molecule has 0 bridgehead atoms. The maximum Gasteiger partial charge on any atom is 0.269 e. The number of nitrogens with one attached hydrogen (secondary N) is 1. The zero-order chi connectivity index (χ0) is 15.2. The molecule has 0 saturated heterocycles. The smallest absolute Gasteiger partial charge is 0.269 e. The highest BCUT2D eigenvalue weighted by molar-refractivity contribution is 7.90. The van der Waals surface area contributed by atoms with Crippen LogP contribution >= 0.6 is 0 Å². The number of sulfone groups is 1. The molecule has 0 spiro atoms. The summed E-state index contributed by atoms with van der Waals surface area (Å²) >= 11 is 0. The van der Waals surface area contributed by atoms with E-state index < -0.39 is 20.9 Å². The third-order valence-corrected chi connectivity index (χ3v) is 3.73. The van der Waals surface area contributed by atoms with Gasteiger partial charge in [0.25, 0.3) is 5.69 Å². The third-order valence-electron chi connectivity index (χ3n) is 2.70. The Morgan fingerprint density at radius 1 is 1.35 bits per heavy atom. The molecule has 2 N–H and O–H groups in total. The molecule has 1 aromatic carbocycles. The van der Waals surface area contributed by atoms with Crippen molar-refractivity contribution in [2.45, 2.75) is 12.5 Å². The first-order valence-electron chi connectivity index (χ1n) is 6.10. The van der Waals surface area contributed by atoms with Crippen molar-refractivity contribution in [3.8, 4) is 0 Å². The topological polar surface area (TPSA) is 110 Å². The van der Waals surface area contributed by atoms with Crippen LogP contribution < -0.4 is 5.32 Å². The summed E-state index contributed by atoms with van der Waals surface area (Å²) in [6.45, 7) is 0.749. The minimum absolute atomic E-state index is 0.0259. The number of nitrogens with zero attached hydrogens (tertiary/aromatic N) is 1. The zero-order valence-corrected chi connectivity index (χ0v) is 12.0. The van der Waals surface area contributed by atoms with Crippen LogP contribution in [0.1, 0.15) is 18.1 Å². The highest BCUT2D eigenvalue weighted by atomic mass is 32.2. The van der Waals surface area contributed by atoms with Crippen LogP contribution in [0, 0.1) is 10.1 Å². The van der Waals surface area contributed by atoms with Crippen molar-refractivity contribution in [3.05, 3.63) is 39.9 Å². The van der Waals surface area contributed by atoms with Crippen LogP contribution in [0.25, 0.3) is 0 Å². The van der Waals surface area contributed by atoms with Crippen LogP contribution in [0.15, 0.2) is 24.3 Å². The van der Waals surface area contributed by atoms with Crippen LogP contribution in [-0.2, 0) is 9.84 Å². The monoisotopic (exact) mass is 302 g/mol. The summed E-state index contributed by atoms with van der Waals surface area (Å²) in [6, 6.07) is 5.67. The molecule has 20 heavy (non-hydrogen) atoms. The molecular weight excluding hydrogens is 284 g/mol. The van der Waals surface area contributed by atoms with E-state index in [2.05, 4.69) is 5.32 Å². The second-order valence-corrected chi connectivity index (χ2v) is 6.81. The third kappa shape index (κ3) is 6.09. The Hall–Kier alpha value is -1.51. The van der Waals surface area contributed by atoms with E-state index in [9.17, 15) is 23.6 Å². The minimum Gasteiger partial charge on any atom is -0.387 e. The number of benzene rings is 1. The van der Waals surface area contributed by atoms with Gasteiger partial charge in [-0.3, -0.25) is 10.1 Å². The molecule has 0 saturated carbocycles. The molecule has 1 rings (SSSR count). The molecule has 0 aliphatic rings. The summed E-state index contributed by atoms with van der Waals surface area (Å²) < 4.78 is 21.8. The van der Waals surface area contributed by atoms with Crippen molar-refractivity contribution in [1.29, 1.82) is 0 Å². The molecule has 0 aliphatic carbocycles. The van der Waals surface area contributed by atoms with Crippen LogP contribution in [0.5, 0.6) is 0 Å². The number of nitro groups is 1. The van der Waals surface area contributed by atoms with Crippen LogP contribution in [-0.4, -0.2) is 43.5 Å². The van der Waals surface area contributed by atoms with Gasteiger partial charge in [-0.2, -0.15) is 0 Å². The first-order chi connectivity index (χ1) is 9.29. The Kier molecular flexibility index (Phi) is 6.05. The number of nitro benzene ring substituents is 1. The Labute approximate surface area is 117 Å². The SMILES string of the molecule is CS(=O)(=O)CCCNCC(O)c1ccc([N+](=O)[O-])cc1. The van der Waals surface area contributed by atoms with Crippen molar-refractivity contribution < 1.29 is 18.4 Å². The van der Waals surface area contributed by atoms with E-state index >= 15 is 0 Å². The molecule has 1 unspecified atom stereocenters. The molecule has 1 atom stereocenters. The fraction of sp³-hybridized carbons (Fsp3) is 0.500. The van der Waals surface area contributed by atoms with Gasteiger partial charge in [-0.1, -0.05) is 0 Å². The second-order valence-electron chi connectivity index (χ2n) is 4.55. The molecule has 0 amide bonds. The molecule has 7 nitrogen and oxygen atoms in total. The van der Waals surface area contributed by atoms with Gasteiger partial charge in [-0.15, -0.1) is 0 Å². The van der Waals surface area contributed by atoms with Crippen LogP contribution in [0.3, 0.4) is 0 Å². The highest BCUT2D eigenvalue weighted by Gasteiger charge is 2.10. The molecule has 0 fully saturated rings. The van der Waals surface area contributed by atoms with E-state index in [0.717, 1.165) is 0 Å². The van der Waals surface area contributed by atoms with Gasteiger partial charge in [0, 0.05) is 24.9 Å². The Bertz CT molecular complexity index is 541. The number of aliphatic hydroxyl groups is 1. The molecular formula is C12H18N2O5S. The van der Waals surface area contributed by atoms with Gasteiger partial charge in [0.2, 0.25) is 0 Å². The number of hydrogen-bond acceptors (Lipinski definition) is 6. The van der Waals surface area contributed by atoms with E-state index in [1.807, 2.05) is 0 Å². The summed E-state index contributed by atoms with van der Waals surface area (Å²) in [5, 5.41) is 23.3. The maximum atomic E-state index is 10.9. The average Bonchev–Trinajstić information content (AvgIpc) is 2.37. The van der Waals surface area contributed by atoms with Gasteiger partial charge in [-0.25, -0.2) is 8.42 Å². The standard InChI is InChI=1S/C12H18N2O5S/c1-20(18,19)8-2-7-13-9-12(15)10-3-5-11(6-4-10)14(16)17/h3-6,12-13,15H,2,7-9H2,1H3. The largest absolute Gasteiger partial charge is 0.387 e. The average molecular weight is 302 g/mol. The van der Waals surface area contributed by atoms with E-state index in [4.69, 9.17) is 0 Å². The van der Waals surface area contributed by atoms with Crippen LogP contribution in [0.4, 0.5) is 5.69 Å². The van der Waals surface area contributed by atoms with E-state index in [1.165, 1.54) is 30.5 Å². The number of hydrogen-bond donors (Lipinski definition) is 2. The number of non-ortho nitro benzene ring substituents is 1. The molecule has 0 aromatic heterocycles. The van der Waals surface area contributed by atoms with Crippen molar-refractivity contribution in [3.63, 3.8) is 0 Å². The normalized spacial score (nSPS) is 13.1. The summed E-state index contributed by atoms with van der Waals surface area (Å²) in [4.78, 5) is 9.99. The molecule has 8 heteroatoms. The molecule has 0 radical (unpaired) electrons. The van der Waals surface area contributed by atoms with Crippen LogP contribution in [0.2, 0.25) is 0 Å². The Morgan fingerprint density at radius 2 is 1.95 bits per heavy atom. The van der Waals surface area contributed by atoms with Crippen molar-refractivity contribution in [2.75, 3.05) is 25.1 Å². The van der Waals surface area contributed by atoms with Gasteiger partial charge in [0.15, 0.2) is 0 Å². The molecule has 0 heterocycles. The lowest BCUT2D eigenvalue weighted by Crippen LogP contribution is -2.24. The number of rotatable bonds is 8. The maximum absolute atomic E-state index is 10.9. The first-order valence-corrected chi connectivity index (χ1v) is 8.16. The predicted molar refractivity (Wildman–Crippen MR) is 75.3 cm³/mol. The van der Waals surface area contributed by atoms with Gasteiger partial charge in [0.05, 0.1) is 16.8 Å². The lowest BCUT2D eigenvalue weighted by atomic mass is 10.1. The van der Waals surface area contributed by atoms with Crippen molar-refractivity contribution in [2.24, 2.45) is 0 Å². The Balaban J connectivity index is 2.35. The molecule has 112 valence electrons. The van der Waals surface area contributed by atoms with Gasteiger partial charge in [0.1, 0.15) is 9.84 Å². The lowest BCUT2D eigenvalue weighted by Gasteiger charge is -2.11. The van der Waals surface area contributed by atoms with E-state index in [0.29, 0.717) is 18.5 Å². The summed E-state index contributed by atoms with van der Waals surface area (Å²) in [6.07, 6.45) is 0.874. The van der Waals surface area contributed by atoms with Gasteiger partial charge in [-0.05, 0) is 30.7 Å². The zero-order valence-electron chi connectivity index (χ0n) is 11.2. The highest BCUT2D eigenvalue weighted by Crippen LogP contribution is 2.17. The molecule has 0 aliphatic heterocycles. The van der Waals surface area contributed by atoms with Gasteiger partial charge < -0.3 is 10.4 Å². The second kappa shape index (κ2) is 7.32. The van der Waals surface area contributed by atoms with Crippen molar-refractivity contribution >= 4 is 15.5 Å². The van der Waals surface area contributed by atoms with E-state index in [-0.39, 0.29) is 18.0 Å². The predicted octanol–water partition coefficient (Wildman–Crippen LogP) is 0.653. The fourth-order valence-electron chi connectivity index (χ4n) is 1.63. The Morgan fingerprint density at radius 3 is 2.45 bits per heavy atom. The quantitative estimate of drug-likeness (QED) is 0.414. The molecule has 1 aromatic rings. The summed E-state index contributed by atoms with van der Waals surface area (Å²) in [5.74, 6) is 0.105. The summed E-state index contributed by atoms with van der Waals surface area (Å²) in [5.41, 5.74) is 0.549. The van der Waals surface area contributed by atoms with E-state index in [1.54, 1.807) is 0 Å². The summed E-state index contributed by atoms with van der Waals surface area (Å²) in [7, 11) is -2.96. The lowest BCUT2D eigenvalue weighted by molar-refractivity contribution is -0.384. The number of aliphatic hydroxyl groups excluding tert-OH is 1.